The van der Waals surface area contributed by atoms with E-state index in [4.69, 9.17) is 4.74 Å². The Morgan fingerprint density at radius 3 is 2.93 bits per heavy atom. The molecule has 4 heteroatoms. The summed E-state index contributed by atoms with van der Waals surface area (Å²) in [5, 5.41) is 14.0. The third-order valence-corrected chi connectivity index (χ3v) is 4.28. The first kappa shape index (κ1) is 10.6. The lowest BCUT2D eigenvalue weighted by Crippen LogP contribution is -2.26. The highest BCUT2D eigenvalue weighted by Gasteiger charge is 2.25. The van der Waals surface area contributed by atoms with Crippen molar-refractivity contribution in [1.29, 1.82) is 0 Å². The first-order valence-corrected chi connectivity index (χ1v) is 6.54. The topological polar surface area (TPSA) is 29.5 Å². The average molecular weight is 277 g/mol. The summed E-state index contributed by atoms with van der Waals surface area (Å²) in [6, 6.07) is 0. The number of rotatable bonds is 2. The molecule has 14 heavy (non-hydrogen) atoms. The minimum Gasteiger partial charge on any atom is -0.386 e. The molecule has 1 aliphatic rings. The Morgan fingerprint density at radius 2 is 2.36 bits per heavy atom. The van der Waals surface area contributed by atoms with Gasteiger partial charge in [-0.3, -0.25) is 0 Å². The second-order valence-electron chi connectivity index (χ2n) is 3.52. The van der Waals surface area contributed by atoms with E-state index in [1.54, 1.807) is 11.3 Å². The lowest BCUT2D eigenvalue weighted by Gasteiger charge is -2.26. The predicted octanol–water partition coefficient (Wildman–Crippen LogP) is 3.11. The summed E-state index contributed by atoms with van der Waals surface area (Å²) >= 11 is 5.02. The van der Waals surface area contributed by atoms with Crippen molar-refractivity contribution < 1.29 is 9.84 Å². The first-order chi connectivity index (χ1) is 6.79. The number of hydrogen-bond acceptors (Lipinski definition) is 3. The molecule has 1 aliphatic heterocycles. The van der Waals surface area contributed by atoms with Crippen molar-refractivity contribution in [2.75, 3.05) is 6.61 Å². The summed E-state index contributed by atoms with van der Waals surface area (Å²) < 4.78 is 6.54. The van der Waals surface area contributed by atoms with E-state index in [1.165, 1.54) is 0 Å². The van der Waals surface area contributed by atoms with E-state index in [9.17, 15) is 5.11 Å². The molecule has 1 fully saturated rings. The zero-order chi connectivity index (χ0) is 9.97. The predicted molar refractivity (Wildman–Crippen MR) is 60.6 cm³/mol. The lowest BCUT2D eigenvalue weighted by molar-refractivity contribution is -0.0634. The van der Waals surface area contributed by atoms with Crippen molar-refractivity contribution in [1.82, 2.24) is 0 Å². The molecule has 0 aliphatic carbocycles. The van der Waals surface area contributed by atoms with Gasteiger partial charge in [0.2, 0.25) is 0 Å². The highest BCUT2D eigenvalue weighted by molar-refractivity contribution is 9.10. The van der Waals surface area contributed by atoms with Gasteiger partial charge in [-0.15, -0.1) is 0 Å². The van der Waals surface area contributed by atoms with Crippen LogP contribution >= 0.6 is 27.3 Å². The molecule has 0 aromatic carbocycles. The number of aliphatic hydroxyl groups is 1. The molecule has 1 N–H and O–H groups in total. The number of hydrogen-bond donors (Lipinski definition) is 1. The summed E-state index contributed by atoms with van der Waals surface area (Å²) in [6.07, 6.45) is 2.74. The van der Waals surface area contributed by atoms with Crippen LogP contribution in [0.2, 0.25) is 0 Å². The van der Waals surface area contributed by atoms with Crippen LogP contribution in [0.1, 0.15) is 30.9 Å². The monoisotopic (exact) mass is 276 g/mol. The molecule has 0 amide bonds. The average Bonchev–Trinajstić information content (AvgIpc) is 2.65. The van der Waals surface area contributed by atoms with Gasteiger partial charge in [0, 0.05) is 22.0 Å². The fraction of sp³-hybridized carbons (Fsp3) is 0.600. The molecule has 2 nitrogen and oxygen atoms in total. The Morgan fingerprint density at radius 1 is 1.50 bits per heavy atom. The Labute approximate surface area is 96.0 Å². The van der Waals surface area contributed by atoms with Gasteiger partial charge in [-0.2, -0.15) is 11.3 Å². The SMILES string of the molecule is OC(c1cscc1Br)C1CCCCO1. The van der Waals surface area contributed by atoms with Crippen LogP contribution in [0.15, 0.2) is 15.2 Å². The Hall–Kier alpha value is 0.1000. The van der Waals surface area contributed by atoms with Crippen LogP contribution in [0.4, 0.5) is 0 Å². The number of ether oxygens (including phenoxy) is 1. The molecule has 1 aromatic rings. The van der Waals surface area contributed by atoms with Crippen LogP contribution in [-0.2, 0) is 4.74 Å². The van der Waals surface area contributed by atoms with E-state index in [0.717, 1.165) is 35.9 Å². The number of aliphatic hydroxyl groups excluding tert-OH is 1. The van der Waals surface area contributed by atoms with Crippen molar-refractivity contribution >= 4 is 27.3 Å². The highest BCUT2D eigenvalue weighted by Crippen LogP contribution is 2.33. The molecule has 1 aromatic heterocycles. The van der Waals surface area contributed by atoms with Crippen LogP contribution in [0.5, 0.6) is 0 Å². The summed E-state index contributed by atoms with van der Waals surface area (Å²) in [5.41, 5.74) is 0.960. The number of thiophene rings is 1. The summed E-state index contributed by atoms with van der Waals surface area (Å²) in [4.78, 5) is 0. The Bertz CT molecular complexity index is 294. The zero-order valence-electron chi connectivity index (χ0n) is 7.78. The highest BCUT2D eigenvalue weighted by atomic mass is 79.9. The van der Waals surface area contributed by atoms with Gasteiger partial charge in [0.25, 0.3) is 0 Å². The molecule has 0 saturated carbocycles. The molecule has 1 saturated heterocycles. The zero-order valence-corrected chi connectivity index (χ0v) is 10.2. The molecule has 2 unspecified atom stereocenters. The van der Waals surface area contributed by atoms with Crippen molar-refractivity contribution in [2.24, 2.45) is 0 Å². The van der Waals surface area contributed by atoms with E-state index in [1.807, 2.05) is 10.8 Å². The summed E-state index contributed by atoms with van der Waals surface area (Å²) in [7, 11) is 0. The van der Waals surface area contributed by atoms with Gasteiger partial charge in [0.05, 0.1) is 6.10 Å². The molecule has 2 atom stereocenters. The molecule has 0 radical (unpaired) electrons. The molecular formula is C10H13BrO2S. The molecule has 2 heterocycles. The largest absolute Gasteiger partial charge is 0.386 e. The second-order valence-corrected chi connectivity index (χ2v) is 5.12. The number of halogens is 1. The van der Waals surface area contributed by atoms with Crippen molar-refractivity contribution in [3.05, 3.63) is 20.8 Å². The van der Waals surface area contributed by atoms with Crippen LogP contribution in [0.25, 0.3) is 0 Å². The van der Waals surface area contributed by atoms with Crippen molar-refractivity contribution in [3.63, 3.8) is 0 Å². The second kappa shape index (κ2) is 4.75. The van der Waals surface area contributed by atoms with Crippen molar-refractivity contribution in [3.8, 4) is 0 Å². The minimum absolute atomic E-state index is 0.0188. The molecule has 2 rings (SSSR count). The lowest BCUT2D eigenvalue weighted by atomic mass is 10.0. The normalized spacial score (nSPS) is 24.9. The van der Waals surface area contributed by atoms with Gasteiger partial charge in [-0.05, 0) is 40.6 Å². The fourth-order valence-electron chi connectivity index (χ4n) is 1.72. The Kier molecular flexibility index (Phi) is 3.60. The Balaban J connectivity index is 2.07. The third-order valence-electron chi connectivity index (χ3n) is 2.53. The maximum atomic E-state index is 10.1. The molecule has 0 bridgehead atoms. The van der Waals surface area contributed by atoms with E-state index >= 15 is 0 Å². The first-order valence-electron chi connectivity index (χ1n) is 4.80. The van der Waals surface area contributed by atoms with Gasteiger partial charge in [0.1, 0.15) is 6.10 Å². The van der Waals surface area contributed by atoms with Gasteiger partial charge in [-0.1, -0.05) is 0 Å². The van der Waals surface area contributed by atoms with Crippen LogP contribution in [-0.4, -0.2) is 17.8 Å². The van der Waals surface area contributed by atoms with Crippen LogP contribution < -0.4 is 0 Å². The van der Waals surface area contributed by atoms with Gasteiger partial charge >= 0.3 is 0 Å². The standard InChI is InChI=1S/C10H13BrO2S/c11-8-6-14-5-7(8)10(12)9-3-1-2-4-13-9/h5-6,9-10,12H,1-4H2. The molecule has 78 valence electrons. The molecule has 0 spiro atoms. The van der Waals surface area contributed by atoms with E-state index < -0.39 is 6.10 Å². The maximum Gasteiger partial charge on any atom is 0.107 e. The van der Waals surface area contributed by atoms with Gasteiger partial charge in [-0.25, -0.2) is 0 Å². The van der Waals surface area contributed by atoms with Crippen LogP contribution in [0, 0.1) is 0 Å². The quantitative estimate of drug-likeness (QED) is 0.900. The van der Waals surface area contributed by atoms with E-state index in [-0.39, 0.29) is 6.10 Å². The minimum atomic E-state index is -0.476. The maximum absolute atomic E-state index is 10.1. The van der Waals surface area contributed by atoms with Gasteiger partial charge in [0.15, 0.2) is 0 Å². The summed E-state index contributed by atoms with van der Waals surface area (Å²) in [6.45, 7) is 0.781. The smallest absolute Gasteiger partial charge is 0.107 e. The molecular weight excluding hydrogens is 264 g/mol. The fourth-order valence-corrected chi connectivity index (χ4v) is 3.28. The van der Waals surface area contributed by atoms with Crippen LogP contribution in [0.3, 0.4) is 0 Å². The van der Waals surface area contributed by atoms with E-state index in [0.29, 0.717) is 0 Å². The third kappa shape index (κ3) is 2.19. The van der Waals surface area contributed by atoms with Crippen molar-refractivity contribution in [2.45, 2.75) is 31.5 Å². The van der Waals surface area contributed by atoms with Gasteiger partial charge < -0.3 is 9.84 Å². The summed E-state index contributed by atoms with van der Waals surface area (Å²) in [5.74, 6) is 0. The van der Waals surface area contributed by atoms with E-state index in [2.05, 4.69) is 15.9 Å².